The maximum Gasteiger partial charge on any atom is 0.334 e. The Kier molecular flexibility index (Phi) is 14.2. The summed E-state index contributed by atoms with van der Waals surface area (Å²) in [5, 5.41) is 0. The summed E-state index contributed by atoms with van der Waals surface area (Å²) >= 11 is 0. The molecule has 0 bridgehead atoms. The summed E-state index contributed by atoms with van der Waals surface area (Å²) in [6.45, 7) is 13.7. The first-order chi connectivity index (χ1) is 11.1. The molecule has 0 rings (SSSR count). The molecule has 0 aromatic rings. The second kappa shape index (κ2) is 14.7. The predicted molar refractivity (Wildman–Crippen MR) is 99.2 cm³/mol. The smallest absolute Gasteiger partial charge is 0.334 e. The van der Waals surface area contributed by atoms with Gasteiger partial charge in [0.2, 0.25) is 6.73 Å². The first-order valence-electron chi connectivity index (χ1n) is 9.78. The van der Waals surface area contributed by atoms with Gasteiger partial charge in [0.25, 0.3) is 0 Å². The van der Waals surface area contributed by atoms with Crippen molar-refractivity contribution >= 4 is 5.97 Å². The molecule has 3 heteroatoms. The zero-order valence-electron chi connectivity index (χ0n) is 15.9. The number of hydrogen-bond acceptors (Lipinski definition) is 2. The summed E-state index contributed by atoms with van der Waals surface area (Å²) in [4.78, 5) is 11.3. The second-order valence-electron chi connectivity index (χ2n) is 6.68. The molecular formula is C20H40NO2+. The molecule has 0 amide bonds. The molecule has 0 aliphatic heterocycles. The predicted octanol–water partition coefficient (Wildman–Crippen LogP) is 5.45. The van der Waals surface area contributed by atoms with Gasteiger partial charge in [-0.25, -0.2) is 4.79 Å². The van der Waals surface area contributed by atoms with Crippen LogP contribution in [0.4, 0.5) is 0 Å². The zero-order chi connectivity index (χ0) is 17.4. The van der Waals surface area contributed by atoms with Gasteiger partial charge >= 0.3 is 5.97 Å². The van der Waals surface area contributed by atoms with Crippen LogP contribution in [0.5, 0.6) is 0 Å². The minimum Gasteiger partial charge on any atom is -0.412 e. The molecule has 0 saturated heterocycles. The van der Waals surface area contributed by atoms with E-state index in [-0.39, 0.29) is 5.97 Å². The maximum atomic E-state index is 11.3. The lowest BCUT2D eigenvalue weighted by Gasteiger charge is -2.35. The molecule has 0 aliphatic rings. The molecule has 0 radical (unpaired) electrons. The van der Waals surface area contributed by atoms with E-state index in [2.05, 4.69) is 27.4 Å². The normalized spacial score (nSPS) is 11.4. The van der Waals surface area contributed by atoms with Crippen LogP contribution in [0, 0.1) is 0 Å². The number of carbonyl (C=O) groups is 1. The van der Waals surface area contributed by atoms with E-state index in [4.69, 9.17) is 4.74 Å². The largest absolute Gasteiger partial charge is 0.412 e. The van der Waals surface area contributed by atoms with Crippen molar-refractivity contribution in [1.82, 2.24) is 0 Å². The van der Waals surface area contributed by atoms with Crippen LogP contribution in [0.25, 0.3) is 0 Å². The molecule has 0 N–H and O–H groups in total. The Bertz CT molecular complexity index is 298. The highest BCUT2D eigenvalue weighted by Gasteiger charge is 2.24. The van der Waals surface area contributed by atoms with Gasteiger partial charge in [0.05, 0.1) is 19.6 Å². The quantitative estimate of drug-likeness (QED) is 0.124. The lowest BCUT2D eigenvalue weighted by Crippen LogP contribution is -2.50. The molecular weight excluding hydrogens is 286 g/mol. The van der Waals surface area contributed by atoms with E-state index < -0.39 is 0 Å². The number of nitrogens with zero attached hydrogens (tertiary/aromatic N) is 1. The fourth-order valence-corrected chi connectivity index (χ4v) is 2.98. The third-order valence-corrected chi connectivity index (χ3v) is 4.97. The van der Waals surface area contributed by atoms with E-state index in [1.54, 1.807) is 0 Å². The molecule has 136 valence electrons. The Morgan fingerprint density at radius 2 is 1.35 bits per heavy atom. The van der Waals surface area contributed by atoms with Crippen molar-refractivity contribution in [3.8, 4) is 0 Å². The van der Waals surface area contributed by atoms with Crippen molar-refractivity contribution in [1.29, 1.82) is 0 Å². The molecule has 0 heterocycles. The summed E-state index contributed by atoms with van der Waals surface area (Å²) in [5.41, 5.74) is 0. The monoisotopic (exact) mass is 326 g/mol. The van der Waals surface area contributed by atoms with Crippen LogP contribution < -0.4 is 0 Å². The number of carbonyl (C=O) groups excluding carboxylic acids is 1. The number of hydrogen-bond donors (Lipinski definition) is 0. The number of esters is 1. The van der Waals surface area contributed by atoms with Crippen LogP contribution in [0.1, 0.15) is 85.0 Å². The van der Waals surface area contributed by atoms with E-state index in [9.17, 15) is 4.79 Å². The molecule has 0 aliphatic carbocycles. The van der Waals surface area contributed by atoms with Gasteiger partial charge in [0.15, 0.2) is 0 Å². The lowest BCUT2D eigenvalue weighted by atomic mass is 10.1. The highest BCUT2D eigenvalue weighted by atomic mass is 16.5. The average molecular weight is 327 g/mol. The summed E-state index contributed by atoms with van der Waals surface area (Å²) in [7, 11) is 0. The van der Waals surface area contributed by atoms with E-state index in [0.717, 1.165) is 24.1 Å². The molecule has 0 saturated carbocycles. The van der Waals surface area contributed by atoms with Crippen LogP contribution >= 0.6 is 0 Å². The molecule has 0 unspecified atom stereocenters. The number of quaternary nitrogens is 1. The number of unbranched alkanes of at least 4 members (excludes halogenated alkanes) is 9. The zero-order valence-corrected chi connectivity index (χ0v) is 15.9. The van der Waals surface area contributed by atoms with E-state index in [1.807, 2.05) is 0 Å². The van der Waals surface area contributed by atoms with Crippen LogP contribution in [-0.2, 0) is 9.53 Å². The minimum atomic E-state index is -0.308. The van der Waals surface area contributed by atoms with Crippen LogP contribution in [0.15, 0.2) is 12.7 Å². The van der Waals surface area contributed by atoms with Crippen LogP contribution in [0.3, 0.4) is 0 Å². The van der Waals surface area contributed by atoms with Crippen molar-refractivity contribution in [3.63, 3.8) is 0 Å². The summed E-state index contributed by atoms with van der Waals surface area (Å²) in [6.07, 6.45) is 14.8. The van der Waals surface area contributed by atoms with Crippen LogP contribution in [-0.4, -0.2) is 36.8 Å². The Labute approximate surface area is 144 Å². The van der Waals surface area contributed by atoms with Gasteiger partial charge in [0, 0.05) is 6.08 Å². The SMILES string of the molecule is C=CC(=O)OC[N+](CC)(CC)CCCCCCCCCCCC. The molecule has 0 spiro atoms. The fraction of sp³-hybridized carbons (Fsp3) is 0.850. The van der Waals surface area contributed by atoms with E-state index in [0.29, 0.717) is 6.73 Å². The number of rotatable bonds is 16. The first kappa shape index (κ1) is 22.2. The Morgan fingerprint density at radius 3 is 1.78 bits per heavy atom. The molecule has 0 fully saturated rings. The lowest BCUT2D eigenvalue weighted by molar-refractivity contribution is -0.940. The summed E-state index contributed by atoms with van der Waals surface area (Å²) in [6, 6.07) is 0. The van der Waals surface area contributed by atoms with Gasteiger partial charge in [-0.05, 0) is 26.7 Å². The standard InChI is InChI=1S/C20H40NO2/c1-5-9-10-11-12-13-14-15-16-17-18-21(7-3,8-4)19-23-20(22)6-2/h6H,2,5,7-19H2,1,3-4H3/q+1. The molecule has 23 heavy (non-hydrogen) atoms. The van der Waals surface area contributed by atoms with Gasteiger partial charge in [-0.2, -0.15) is 0 Å². The van der Waals surface area contributed by atoms with Gasteiger partial charge in [-0.1, -0.05) is 64.9 Å². The highest BCUT2D eigenvalue weighted by Crippen LogP contribution is 2.14. The third-order valence-electron chi connectivity index (χ3n) is 4.97. The topological polar surface area (TPSA) is 26.3 Å². The first-order valence-corrected chi connectivity index (χ1v) is 9.78. The fourth-order valence-electron chi connectivity index (χ4n) is 2.98. The minimum absolute atomic E-state index is 0.308. The number of ether oxygens (including phenoxy) is 1. The maximum absolute atomic E-state index is 11.3. The Hall–Kier alpha value is -0.830. The Balaban J connectivity index is 3.75. The molecule has 0 aromatic heterocycles. The van der Waals surface area contributed by atoms with Crippen molar-refractivity contribution in [3.05, 3.63) is 12.7 Å². The molecule has 0 atom stereocenters. The second-order valence-corrected chi connectivity index (χ2v) is 6.68. The molecule has 3 nitrogen and oxygen atoms in total. The van der Waals surface area contributed by atoms with Crippen molar-refractivity contribution in [2.75, 3.05) is 26.4 Å². The van der Waals surface area contributed by atoms with Gasteiger partial charge < -0.3 is 4.74 Å². The van der Waals surface area contributed by atoms with Gasteiger partial charge in [-0.15, -0.1) is 0 Å². The third kappa shape index (κ3) is 11.4. The highest BCUT2D eigenvalue weighted by molar-refractivity contribution is 5.81. The average Bonchev–Trinajstić information content (AvgIpc) is 2.59. The van der Waals surface area contributed by atoms with Gasteiger partial charge in [-0.3, -0.25) is 4.48 Å². The van der Waals surface area contributed by atoms with Crippen LogP contribution in [0.2, 0.25) is 0 Å². The summed E-state index contributed by atoms with van der Waals surface area (Å²) in [5.74, 6) is -0.308. The van der Waals surface area contributed by atoms with Crippen molar-refractivity contribution in [2.45, 2.75) is 85.0 Å². The van der Waals surface area contributed by atoms with E-state index in [1.165, 1.54) is 70.3 Å². The molecule has 0 aromatic carbocycles. The van der Waals surface area contributed by atoms with E-state index >= 15 is 0 Å². The van der Waals surface area contributed by atoms with Crippen molar-refractivity contribution < 1.29 is 14.0 Å². The summed E-state index contributed by atoms with van der Waals surface area (Å²) < 4.78 is 6.17. The van der Waals surface area contributed by atoms with Gasteiger partial charge in [0.1, 0.15) is 0 Å². The van der Waals surface area contributed by atoms with Crippen molar-refractivity contribution in [2.24, 2.45) is 0 Å². The Morgan fingerprint density at radius 1 is 0.870 bits per heavy atom.